The molecule has 104 valence electrons. The van der Waals surface area contributed by atoms with Crippen LogP contribution < -0.4 is 16.4 Å². The number of carbonyl (C=O) groups excluding carboxylic acids is 1. The number of amides is 1. The van der Waals surface area contributed by atoms with Gasteiger partial charge in [0, 0.05) is 18.6 Å². The van der Waals surface area contributed by atoms with E-state index in [1.54, 1.807) is 6.07 Å². The Hall–Kier alpha value is -2.27. The Kier molecular flexibility index (Phi) is 4.10. The first kappa shape index (κ1) is 14.1. The van der Waals surface area contributed by atoms with E-state index in [9.17, 15) is 4.79 Å². The second-order valence-electron chi connectivity index (χ2n) is 4.44. The van der Waals surface area contributed by atoms with Crippen LogP contribution in [-0.4, -0.2) is 17.9 Å². The number of benzene rings is 1. The Morgan fingerprint density at radius 1 is 1.40 bits per heavy atom. The molecule has 1 amide bonds. The van der Waals surface area contributed by atoms with Crippen molar-refractivity contribution in [2.75, 3.05) is 17.7 Å². The van der Waals surface area contributed by atoms with Gasteiger partial charge in [0.1, 0.15) is 5.82 Å². The summed E-state index contributed by atoms with van der Waals surface area (Å²) in [5.41, 5.74) is 12.4. The molecule has 2 aromatic rings. The molecule has 1 aromatic carbocycles. The van der Waals surface area contributed by atoms with Crippen LogP contribution in [0.2, 0.25) is 5.02 Å². The lowest BCUT2D eigenvalue weighted by Crippen LogP contribution is -2.20. The first-order chi connectivity index (χ1) is 9.49. The monoisotopic (exact) mass is 290 g/mol. The molecule has 1 aromatic heterocycles. The van der Waals surface area contributed by atoms with Crippen LogP contribution in [0.3, 0.4) is 0 Å². The van der Waals surface area contributed by atoms with E-state index in [1.807, 2.05) is 36.2 Å². The van der Waals surface area contributed by atoms with E-state index in [-0.39, 0.29) is 11.3 Å². The Labute approximate surface area is 122 Å². The minimum absolute atomic E-state index is 0.265. The van der Waals surface area contributed by atoms with E-state index in [0.717, 1.165) is 5.56 Å². The first-order valence-corrected chi connectivity index (χ1v) is 6.36. The lowest BCUT2D eigenvalue weighted by atomic mass is 10.2. The highest BCUT2D eigenvalue weighted by molar-refractivity contribution is 6.31. The molecule has 0 spiro atoms. The predicted molar refractivity (Wildman–Crippen MR) is 80.7 cm³/mol. The third kappa shape index (κ3) is 3.00. The Morgan fingerprint density at radius 3 is 2.75 bits per heavy atom. The van der Waals surface area contributed by atoms with E-state index in [2.05, 4.69) is 4.98 Å². The van der Waals surface area contributed by atoms with Crippen molar-refractivity contribution in [2.45, 2.75) is 6.54 Å². The van der Waals surface area contributed by atoms with Gasteiger partial charge >= 0.3 is 0 Å². The largest absolute Gasteiger partial charge is 0.397 e. The molecule has 0 saturated heterocycles. The number of carbonyl (C=O) groups is 1. The van der Waals surface area contributed by atoms with Gasteiger partial charge in [-0.3, -0.25) is 4.79 Å². The van der Waals surface area contributed by atoms with Crippen molar-refractivity contribution in [3.63, 3.8) is 0 Å². The Bertz CT molecular complexity index is 645. The first-order valence-electron chi connectivity index (χ1n) is 5.99. The zero-order valence-corrected chi connectivity index (χ0v) is 11.8. The maximum Gasteiger partial charge on any atom is 0.250 e. The van der Waals surface area contributed by atoms with Gasteiger partial charge in [-0.05, 0) is 17.7 Å². The number of nitrogens with zero attached hydrogens (tertiary/aromatic N) is 2. The molecule has 6 heteroatoms. The minimum Gasteiger partial charge on any atom is -0.397 e. The highest BCUT2D eigenvalue weighted by Gasteiger charge is 2.11. The van der Waals surface area contributed by atoms with Crippen LogP contribution >= 0.6 is 11.6 Å². The molecular weight excluding hydrogens is 276 g/mol. The van der Waals surface area contributed by atoms with Gasteiger partial charge in [-0.2, -0.15) is 0 Å². The number of nitrogens with two attached hydrogens (primary N) is 2. The van der Waals surface area contributed by atoms with Crippen molar-refractivity contribution in [2.24, 2.45) is 5.73 Å². The van der Waals surface area contributed by atoms with Crippen molar-refractivity contribution in [3.8, 4) is 0 Å². The maximum absolute atomic E-state index is 11.3. The summed E-state index contributed by atoms with van der Waals surface area (Å²) in [7, 11) is 1.85. The molecule has 2 rings (SSSR count). The number of halogens is 1. The van der Waals surface area contributed by atoms with Gasteiger partial charge in [-0.15, -0.1) is 0 Å². The molecule has 0 unspecified atom stereocenters. The number of nitrogen functional groups attached to an aromatic ring is 1. The summed E-state index contributed by atoms with van der Waals surface area (Å²) in [4.78, 5) is 17.3. The van der Waals surface area contributed by atoms with Crippen LogP contribution in [0.5, 0.6) is 0 Å². The molecule has 0 aliphatic heterocycles. The highest BCUT2D eigenvalue weighted by atomic mass is 35.5. The van der Waals surface area contributed by atoms with Crippen molar-refractivity contribution < 1.29 is 4.79 Å². The summed E-state index contributed by atoms with van der Waals surface area (Å²) in [5.74, 6) is 0.0326. The number of hydrogen-bond donors (Lipinski definition) is 2. The van der Waals surface area contributed by atoms with Crippen LogP contribution in [0, 0.1) is 0 Å². The normalized spacial score (nSPS) is 10.3. The SMILES string of the molecule is CN(Cc1ccccc1Cl)c1cc(C(N)=O)c(N)cn1. The second kappa shape index (κ2) is 5.79. The lowest BCUT2D eigenvalue weighted by molar-refractivity contribution is 0.100. The quantitative estimate of drug-likeness (QED) is 0.902. The third-order valence-electron chi connectivity index (χ3n) is 2.94. The van der Waals surface area contributed by atoms with Crippen LogP contribution in [0.25, 0.3) is 0 Å². The lowest BCUT2D eigenvalue weighted by Gasteiger charge is -2.19. The molecule has 5 nitrogen and oxygen atoms in total. The summed E-state index contributed by atoms with van der Waals surface area (Å²) in [6.45, 7) is 0.564. The molecular formula is C14H15ClN4O. The van der Waals surface area contributed by atoms with Gasteiger partial charge in [0.05, 0.1) is 17.4 Å². The summed E-state index contributed by atoms with van der Waals surface area (Å²) >= 11 is 6.12. The fourth-order valence-corrected chi connectivity index (χ4v) is 2.04. The van der Waals surface area contributed by atoms with Gasteiger partial charge in [0.25, 0.3) is 5.91 Å². The van der Waals surface area contributed by atoms with Crippen LogP contribution in [-0.2, 0) is 6.54 Å². The third-order valence-corrected chi connectivity index (χ3v) is 3.31. The van der Waals surface area contributed by atoms with Gasteiger partial charge < -0.3 is 16.4 Å². The zero-order chi connectivity index (χ0) is 14.7. The number of aromatic nitrogens is 1. The maximum atomic E-state index is 11.3. The average molecular weight is 291 g/mol. The Morgan fingerprint density at radius 2 is 2.10 bits per heavy atom. The zero-order valence-electron chi connectivity index (χ0n) is 11.0. The van der Waals surface area contributed by atoms with Crippen molar-refractivity contribution in [1.29, 1.82) is 0 Å². The number of anilines is 2. The topological polar surface area (TPSA) is 85.2 Å². The van der Waals surface area contributed by atoms with E-state index in [1.165, 1.54) is 6.20 Å². The van der Waals surface area contributed by atoms with Crippen molar-refractivity contribution >= 4 is 29.0 Å². The summed E-state index contributed by atoms with van der Waals surface area (Å²) in [6, 6.07) is 9.13. The van der Waals surface area contributed by atoms with Crippen molar-refractivity contribution in [3.05, 3.63) is 52.7 Å². The van der Waals surface area contributed by atoms with Crippen molar-refractivity contribution in [1.82, 2.24) is 4.98 Å². The molecule has 1 heterocycles. The fraction of sp³-hybridized carbons (Fsp3) is 0.143. The van der Waals surface area contributed by atoms with Gasteiger partial charge in [-0.1, -0.05) is 29.8 Å². The predicted octanol–water partition coefficient (Wildman–Crippen LogP) is 2.05. The summed E-state index contributed by atoms with van der Waals surface area (Å²) in [6.07, 6.45) is 1.43. The summed E-state index contributed by atoms with van der Waals surface area (Å²) in [5, 5.41) is 0.685. The van der Waals surface area contributed by atoms with Crippen LogP contribution in [0.1, 0.15) is 15.9 Å². The highest BCUT2D eigenvalue weighted by Crippen LogP contribution is 2.21. The second-order valence-corrected chi connectivity index (χ2v) is 4.85. The molecule has 0 atom stereocenters. The smallest absolute Gasteiger partial charge is 0.250 e. The molecule has 0 fully saturated rings. The van der Waals surface area contributed by atoms with E-state index in [0.29, 0.717) is 17.4 Å². The molecule has 0 radical (unpaired) electrons. The average Bonchev–Trinajstić information content (AvgIpc) is 2.41. The van der Waals surface area contributed by atoms with Gasteiger partial charge in [0.15, 0.2) is 0 Å². The number of hydrogen-bond acceptors (Lipinski definition) is 4. The molecule has 0 aliphatic rings. The minimum atomic E-state index is -0.572. The molecule has 0 saturated carbocycles. The Balaban J connectivity index is 2.26. The van der Waals surface area contributed by atoms with Crippen LogP contribution in [0.15, 0.2) is 36.5 Å². The molecule has 0 bridgehead atoms. The van der Waals surface area contributed by atoms with E-state index < -0.39 is 5.91 Å². The van der Waals surface area contributed by atoms with E-state index in [4.69, 9.17) is 23.1 Å². The number of pyridine rings is 1. The van der Waals surface area contributed by atoms with Crippen LogP contribution in [0.4, 0.5) is 11.5 Å². The standard InChI is InChI=1S/C14H15ClN4O/c1-19(8-9-4-2-3-5-11(9)15)13-6-10(14(17)20)12(16)7-18-13/h2-7H,8,16H2,1H3,(H2,17,20). The number of primary amides is 1. The molecule has 0 aliphatic carbocycles. The molecule has 20 heavy (non-hydrogen) atoms. The fourth-order valence-electron chi connectivity index (χ4n) is 1.84. The molecule has 4 N–H and O–H groups in total. The van der Waals surface area contributed by atoms with E-state index >= 15 is 0 Å². The van der Waals surface area contributed by atoms with Gasteiger partial charge in [-0.25, -0.2) is 4.98 Å². The number of rotatable bonds is 4. The van der Waals surface area contributed by atoms with Gasteiger partial charge in [0.2, 0.25) is 0 Å². The summed E-state index contributed by atoms with van der Waals surface area (Å²) < 4.78 is 0.